The van der Waals surface area contributed by atoms with Crippen molar-refractivity contribution in [2.45, 2.75) is 32.1 Å². The largest absolute Gasteiger partial charge is 0.469 e. The molecule has 2 saturated heterocycles. The monoisotopic (exact) mass is 372 g/mol. The number of nitrogens with one attached hydrogen (secondary N) is 1. The van der Waals surface area contributed by atoms with Crippen molar-refractivity contribution in [1.82, 2.24) is 15.0 Å². The molecule has 2 aromatic rings. The third kappa shape index (κ3) is 4.50. The van der Waals surface area contributed by atoms with E-state index in [0.29, 0.717) is 18.9 Å². The fraction of sp³-hybridized carbons (Fsp3) is 0.632. The molecule has 0 amide bonds. The van der Waals surface area contributed by atoms with Gasteiger partial charge in [-0.15, -0.1) is 0 Å². The number of aliphatic hydroxyl groups excluding tert-OH is 1. The van der Waals surface area contributed by atoms with Gasteiger partial charge in [-0.1, -0.05) is 0 Å². The minimum Gasteiger partial charge on any atom is -0.469 e. The first-order chi connectivity index (χ1) is 13.3. The Labute approximate surface area is 159 Å². The van der Waals surface area contributed by atoms with Crippen molar-refractivity contribution < 1.29 is 9.52 Å². The minimum absolute atomic E-state index is 0.0402. The summed E-state index contributed by atoms with van der Waals surface area (Å²) in [5, 5.41) is 13.0. The van der Waals surface area contributed by atoms with Crippen LogP contribution < -0.4 is 15.1 Å². The summed E-state index contributed by atoms with van der Waals surface area (Å²) in [7, 11) is 0. The van der Waals surface area contributed by atoms with Gasteiger partial charge in [0.15, 0.2) is 0 Å². The van der Waals surface area contributed by atoms with E-state index in [1.165, 1.54) is 25.7 Å². The predicted octanol–water partition coefficient (Wildman–Crippen LogP) is 1.93. The molecule has 8 nitrogen and oxygen atoms in total. The molecule has 0 spiro atoms. The first-order valence-corrected chi connectivity index (χ1v) is 9.95. The smallest absolute Gasteiger partial charge is 0.231 e. The number of hydrogen-bond donors (Lipinski definition) is 2. The van der Waals surface area contributed by atoms with Gasteiger partial charge in [0.25, 0.3) is 0 Å². The zero-order chi connectivity index (χ0) is 18.5. The topological polar surface area (TPSA) is 90.5 Å². The summed E-state index contributed by atoms with van der Waals surface area (Å²) < 4.78 is 5.40. The quantitative estimate of drug-likeness (QED) is 0.726. The lowest BCUT2D eigenvalue weighted by atomic mass is 10.1. The van der Waals surface area contributed by atoms with Crippen molar-refractivity contribution in [1.29, 1.82) is 0 Å². The maximum atomic E-state index is 9.71. The van der Waals surface area contributed by atoms with E-state index in [1.807, 2.05) is 12.1 Å². The van der Waals surface area contributed by atoms with Gasteiger partial charge in [-0.05, 0) is 37.8 Å². The van der Waals surface area contributed by atoms with E-state index in [2.05, 4.69) is 25.1 Å². The lowest BCUT2D eigenvalue weighted by Crippen LogP contribution is -2.27. The van der Waals surface area contributed by atoms with Gasteiger partial charge in [0.1, 0.15) is 5.76 Å². The highest BCUT2D eigenvalue weighted by Gasteiger charge is 2.22. The van der Waals surface area contributed by atoms with Crippen LogP contribution in [0.5, 0.6) is 0 Å². The molecule has 0 aromatic carbocycles. The van der Waals surface area contributed by atoms with Crippen molar-refractivity contribution in [3.63, 3.8) is 0 Å². The van der Waals surface area contributed by atoms with Crippen LogP contribution >= 0.6 is 0 Å². The standard InChI is InChI=1S/C19H28N6O2/c26-14-15(12-16-6-5-11-27-16)13-20-17-21-18(24-7-1-2-8-24)23-19(22-17)25-9-3-4-10-25/h5-6,11,15,26H,1-4,7-10,12-14H2,(H,20,21,22,23)/t15-/m1/s1. The van der Waals surface area contributed by atoms with Crippen molar-refractivity contribution in [3.8, 4) is 0 Å². The van der Waals surface area contributed by atoms with Crippen LogP contribution in [0.2, 0.25) is 0 Å². The minimum atomic E-state index is 0.0402. The molecule has 4 heterocycles. The SMILES string of the molecule is OC[C@@H](CNc1nc(N2CCCC2)nc(N2CCCC2)n1)Cc1ccco1. The first-order valence-electron chi connectivity index (χ1n) is 9.95. The number of furan rings is 1. The van der Waals surface area contributed by atoms with Crippen LogP contribution in [0, 0.1) is 5.92 Å². The molecule has 0 radical (unpaired) electrons. The fourth-order valence-electron chi connectivity index (χ4n) is 3.70. The molecule has 2 aromatic heterocycles. The summed E-state index contributed by atoms with van der Waals surface area (Å²) in [6.07, 6.45) is 7.08. The van der Waals surface area contributed by atoms with Crippen LogP contribution in [0.1, 0.15) is 31.4 Å². The number of hydrogen-bond acceptors (Lipinski definition) is 8. The molecule has 0 unspecified atom stereocenters. The molecule has 0 bridgehead atoms. The Bertz CT molecular complexity index is 677. The molecule has 27 heavy (non-hydrogen) atoms. The second kappa shape index (κ2) is 8.56. The number of nitrogens with zero attached hydrogens (tertiary/aromatic N) is 5. The third-order valence-electron chi connectivity index (χ3n) is 5.27. The zero-order valence-electron chi connectivity index (χ0n) is 15.7. The molecule has 8 heteroatoms. The van der Waals surface area contributed by atoms with E-state index in [-0.39, 0.29) is 12.5 Å². The summed E-state index contributed by atoms with van der Waals surface area (Å²) in [5.74, 6) is 3.03. The molecule has 1 atom stereocenters. The lowest BCUT2D eigenvalue weighted by Gasteiger charge is -2.21. The summed E-state index contributed by atoms with van der Waals surface area (Å²) >= 11 is 0. The molecule has 2 aliphatic rings. The Morgan fingerprint density at radius 1 is 1.00 bits per heavy atom. The van der Waals surface area contributed by atoms with Gasteiger partial charge in [0.05, 0.1) is 6.26 Å². The Hall–Kier alpha value is -2.35. The molecule has 2 aliphatic heterocycles. The van der Waals surface area contributed by atoms with Crippen molar-refractivity contribution in [2.24, 2.45) is 5.92 Å². The molecule has 0 aliphatic carbocycles. The van der Waals surface area contributed by atoms with Crippen molar-refractivity contribution in [3.05, 3.63) is 24.2 Å². The van der Waals surface area contributed by atoms with Crippen molar-refractivity contribution >= 4 is 17.8 Å². The van der Waals surface area contributed by atoms with Crippen LogP contribution in [0.4, 0.5) is 17.8 Å². The third-order valence-corrected chi connectivity index (χ3v) is 5.27. The average Bonchev–Trinajstić information content (AvgIpc) is 3.47. The van der Waals surface area contributed by atoms with E-state index in [0.717, 1.165) is 43.8 Å². The maximum Gasteiger partial charge on any atom is 0.231 e. The normalized spacial score (nSPS) is 18.3. The first kappa shape index (κ1) is 18.0. The lowest BCUT2D eigenvalue weighted by molar-refractivity contribution is 0.226. The Morgan fingerprint density at radius 3 is 2.15 bits per heavy atom. The zero-order valence-corrected chi connectivity index (χ0v) is 15.7. The van der Waals surface area contributed by atoms with Gasteiger partial charge in [-0.2, -0.15) is 15.0 Å². The molecular formula is C19H28N6O2. The van der Waals surface area contributed by atoms with Crippen LogP contribution in [0.15, 0.2) is 22.8 Å². The van der Waals surface area contributed by atoms with Gasteiger partial charge in [-0.25, -0.2) is 0 Å². The Kier molecular flexibility index (Phi) is 5.72. The number of anilines is 3. The van der Waals surface area contributed by atoms with E-state index >= 15 is 0 Å². The Balaban J connectivity index is 1.48. The molecular weight excluding hydrogens is 344 g/mol. The van der Waals surface area contributed by atoms with E-state index in [9.17, 15) is 5.11 Å². The number of aromatic nitrogens is 3. The predicted molar refractivity (Wildman–Crippen MR) is 104 cm³/mol. The highest BCUT2D eigenvalue weighted by Crippen LogP contribution is 2.23. The second-order valence-corrected chi connectivity index (χ2v) is 7.36. The Morgan fingerprint density at radius 2 is 1.63 bits per heavy atom. The summed E-state index contributed by atoms with van der Waals surface area (Å²) in [6.45, 7) is 4.67. The van der Waals surface area contributed by atoms with Gasteiger partial charge >= 0.3 is 0 Å². The molecule has 0 saturated carbocycles. The fourth-order valence-corrected chi connectivity index (χ4v) is 3.70. The highest BCUT2D eigenvalue weighted by molar-refractivity contribution is 5.46. The van der Waals surface area contributed by atoms with Gasteiger partial charge in [0, 0.05) is 51.7 Å². The summed E-state index contributed by atoms with van der Waals surface area (Å²) in [6, 6.07) is 3.80. The van der Waals surface area contributed by atoms with Crippen LogP contribution in [-0.2, 0) is 6.42 Å². The molecule has 146 valence electrons. The van der Waals surface area contributed by atoms with Crippen LogP contribution in [-0.4, -0.2) is 59.4 Å². The van der Waals surface area contributed by atoms with E-state index in [1.54, 1.807) is 6.26 Å². The maximum absolute atomic E-state index is 9.71. The van der Waals surface area contributed by atoms with Gasteiger partial charge in [-0.3, -0.25) is 0 Å². The molecule has 2 N–H and O–H groups in total. The van der Waals surface area contributed by atoms with E-state index in [4.69, 9.17) is 9.40 Å². The molecule has 4 rings (SSSR count). The van der Waals surface area contributed by atoms with Crippen LogP contribution in [0.25, 0.3) is 0 Å². The second-order valence-electron chi connectivity index (χ2n) is 7.36. The molecule has 2 fully saturated rings. The van der Waals surface area contributed by atoms with Crippen LogP contribution in [0.3, 0.4) is 0 Å². The highest BCUT2D eigenvalue weighted by atomic mass is 16.3. The van der Waals surface area contributed by atoms with E-state index < -0.39 is 0 Å². The van der Waals surface area contributed by atoms with Crippen molar-refractivity contribution in [2.75, 3.05) is 54.4 Å². The summed E-state index contributed by atoms with van der Waals surface area (Å²) in [5.41, 5.74) is 0. The van der Waals surface area contributed by atoms with Gasteiger partial charge < -0.3 is 24.6 Å². The summed E-state index contributed by atoms with van der Waals surface area (Å²) in [4.78, 5) is 18.5. The number of rotatable bonds is 8. The number of aliphatic hydroxyl groups is 1. The average molecular weight is 372 g/mol. The van der Waals surface area contributed by atoms with Gasteiger partial charge in [0.2, 0.25) is 17.8 Å².